The largest absolute Gasteiger partial charge is 0.492 e. The second-order valence-corrected chi connectivity index (χ2v) is 10.1. The molecule has 0 aliphatic carbocycles. The van der Waals surface area contributed by atoms with Crippen molar-refractivity contribution in [1.82, 2.24) is 8.87 Å². The lowest BCUT2D eigenvalue weighted by atomic mass is 9.97. The molecular weight excluding hydrogens is 458 g/mol. The minimum Gasteiger partial charge on any atom is -0.492 e. The number of rotatable bonds is 8. The van der Waals surface area contributed by atoms with Gasteiger partial charge in [-0.1, -0.05) is 12.1 Å². The lowest BCUT2D eigenvalue weighted by Gasteiger charge is -2.31. The summed E-state index contributed by atoms with van der Waals surface area (Å²) in [6, 6.07) is 7.22. The molecule has 0 atom stereocenters. The number of carbonyl (C=O) groups is 2. The van der Waals surface area contributed by atoms with Gasteiger partial charge < -0.3 is 19.4 Å². The third-order valence-corrected chi connectivity index (χ3v) is 8.33. The fourth-order valence-corrected chi connectivity index (χ4v) is 6.20. The van der Waals surface area contributed by atoms with Gasteiger partial charge in [0.1, 0.15) is 16.2 Å². The molecule has 9 nitrogen and oxygen atoms in total. The number of hydrogen-bond donors (Lipinski definition) is 1. The molecule has 1 aromatic carbocycles. The Morgan fingerprint density at radius 1 is 1.06 bits per heavy atom. The lowest BCUT2D eigenvalue weighted by Crippen LogP contribution is -2.42. The molecule has 2 aromatic rings. The SMILES string of the molecule is CCOC(=O)c1c(S(=O)(=O)N2CCC(C(=O)Nc3ccccc3OCC)CC2)c(C)n(C)c1C. The summed E-state index contributed by atoms with van der Waals surface area (Å²) in [7, 11) is -2.23. The van der Waals surface area contributed by atoms with Crippen molar-refractivity contribution in [2.75, 3.05) is 31.6 Å². The highest BCUT2D eigenvalue weighted by Crippen LogP contribution is 2.32. The lowest BCUT2D eigenvalue weighted by molar-refractivity contribution is -0.120. The number of amides is 1. The second kappa shape index (κ2) is 10.6. The van der Waals surface area contributed by atoms with E-state index < -0.39 is 16.0 Å². The number of aromatic nitrogens is 1. The predicted molar refractivity (Wildman–Crippen MR) is 129 cm³/mol. The van der Waals surface area contributed by atoms with Crippen LogP contribution in [0.3, 0.4) is 0 Å². The number of para-hydroxylation sites is 2. The number of nitrogens with zero attached hydrogens (tertiary/aromatic N) is 2. The van der Waals surface area contributed by atoms with Gasteiger partial charge in [-0.15, -0.1) is 0 Å². The van der Waals surface area contributed by atoms with E-state index in [4.69, 9.17) is 9.47 Å². The molecule has 2 heterocycles. The molecule has 0 saturated carbocycles. The maximum absolute atomic E-state index is 13.6. The predicted octanol–water partition coefficient (Wildman–Crippen LogP) is 3.26. The third kappa shape index (κ3) is 4.97. The van der Waals surface area contributed by atoms with Gasteiger partial charge in [0.25, 0.3) is 0 Å². The first-order chi connectivity index (χ1) is 16.1. The first-order valence-electron chi connectivity index (χ1n) is 11.5. The van der Waals surface area contributed by atoms with E-state index in [2.05, 4.69) is 5.32 Å². The number of hydrogen-bond acceptors (Lipinski definition) is 6. The van der Waals surface area contributed by atoms with Crippen molar-refractivity contribution in [1.29, 1.82) is 0 Å². The van der Waals surface area contributed by atoms with Crippen molar-refractivity contribution in [2.24, 2.45) is 13.0 Å². The van der Waals surface area contributed by atoms with Crippen LogP contribution in [0, 0.1) is 19.8 Å². The number of benzene rings is 1. The van der Waals surface area contributed by atoms with Gasteiger partial charge in [0.05, 0.1) is 18.9 Å². The van der Waals surface area contributed by atoms with Crippen molar-refractivity contribution in [2.45, 2.75) is 45.4 Å². The Morgan fingerprint density at radius 3 is 2.32 bits per heavy atom. The summed E-state index contributed by atoms with van der Waals surface area (Å²) in [6.45, 7) is 7.94. The van der Waals surface area contributed by atoms with Crippen molar-refractivity contribution in [3.63, 3.8) is 0 Å². The Balaban J connectivity index is 1.76. The summed E-state index contributed by atoms with van der Waals surface area (Å²) in [5.41, 5.74) is 1.69. The molecule has 186 valence electrons. The molecule has 1 aromatic heterocycles. The summed E-state index contributed by atoms with van der Waals surface area (Å²) in [5, 5.41) is 2.91. The number of anilines is 1. The summed E-state index contributed by atoms with van der Waals surface area (Å²) < 4.78 is 40.9. The third-order valence-electron chi connectivity index (χ3n) is 6.27. The maximum Gasteiger partial charge on any atom is 0.341 e. The van der Waals surface area contributed by atoms with Crippen molar-refractivity contribution in [3.05, 3.63) is 41.2 Å². The molecule has 1 N–H and O–H groups in total. The van der Waals surface area contributed by atoms with Crippen LogP contribution in [0.2, 0.25) is 0 Å². The van der Waals surface area contributed by atoms with E-state index in [1.54, 1.807) is 44.5 Å². The topological polar surface area (TPSA) is 107 Å². The van der Waals surface area contributed by atoms with Crippen LogP contribution in [0.5, 0.6) is 5.75 Å². The number of esters is 1. The first kappa shape index (κ1) is 25.8. The maximum atomic E-state index is 13.6. The molecule has 1 fully saturated rings. The van der Waals surface area contributed by atoms with Gasteiger partial charge in [-0.2, -0.15) is 4.31 Å². The fourth-order valence-electron chi connectivity index (χ4n) is 4.25. The summed E-state index contributed by atoms with van der Waals surface area (Å²) in [4.78, 5) is 25.4. The molecule has 3 rings (SSSR count). The van der Waals surface area contributed by atoms with Crippen LogP contribution in [0.4, 0.5) is 5.69 Å². The number of nitrogens with one attached hydrogen (secondary N) is 1. The Hall–Kier alpha value is -2.85. The van der Waals surface area contributed by atoms with Crippen LogP contribution >= 0.6 is 0 Å². The number of carbonyl (C=O) groups excluding carboxylic acids is 2. The van der Waals surface area contributed by atoms with Crippen LogP contribution in [0.25, 0.3) is 0 Å². The Kier molecular flexibility index (Phi) is 8.04. The summed E-state index contributed by atoms with van der Waals surface area (Å²) in [5.74, 6) is -0.545. The molecule has 0 spiro atoms. The van der Waals surface area contributed by atoms with Crippen LogP contribution in [0.1, 0.15) is 48.4 Å². The Bertz CT molecular complexity index is 1160. The fraction of sp³-hybridized carbons (Fsp3) is 0.500. The zero-order chi connectivity index (χ0) is 25.0. The van der Waals surface area contributed by atoms with E-state index in [0.29, 0.717) is 42.3 Å². The van der Waals surface area contributed by atoms with E-state index in [9.17, 15) is 18.0 Å². The van der Waals surface area contributed by atoms with Gasteiger partial charge in [-0.05, 0) is 52.7 Å². The number of piperidine rings is 1. The van der Waals surface area contributed by atoms with Crippen molar-refractivity contribution in [3.8, 4) is 5.75 Å². The van der Waals surface area contributed by atoms with Gasteiger partial charge >= 0.3 is 5.97 Å². The van der Waals surface area contributed by atoms with E-state index >= 15 is 0 Å². The molecule has 10 heteroatoms. The Labute approximate surface area is 201 Å². The van der Waals surface area contributed by atoms with Gasteiger partial charge in [0, 0.05) is 37.4 Å². The molecule has 0 bridgehead atoms. The van der Waals surface area contributed by atoms with Crippen LogP contribution in [0.15, 0.2) is 29.2 Å². The molecule has 1 amide bonds. The number of sulfonamides is 1. The zero-order valence-corrected chi connectivity index (χ0v) is 21.2. The molecule has 1 aliphatic rings. The molecule has 0 unspecified atom stereocenters. The zero-order valence-electron chi connectivity index (χ0n) is 20.4. The molecule has 34 heavy (non-hydrogen) atoms. The van der Waals surface area contributed by atoms with Gasteiger partial charge in [-0.3, -0.25) is 4.79 Å². The normalized spacial score (nSPS) is 15.2. The quantitative estimate of drug-likeness (QED) is 0.568. The minimum absolute atomic E-state index is 0.0144. The van der Waals surface area contributed by atoms with Crippen LogP contribution in [-0.2, 0) is 26.6 Å². The van der Waals surface area contributed by atoms with Crippen LogP contribution in [-0.4, -0.2) is 55.5 Å². The van der Waals surface area contributed by atoms with E-state index in [1.165, 1.54) is 4.31 Å². The Morgan fingerprint density at radius 2 is 1.71 bits per heavy atom. The average Bonchev–Trinajstić information content (AvgIpc) is 3.05. The summed E-state index contributed by atoms with van der Waals surface area (Å²) >= 11 is 0. The first-order valence-corrected chi connectivity index (χ1v) is 12.9. The highest BCUT2D eigenvalue weighted by molar-refractivity contribution is 7.89. The van der Waals surface area contributed by atoms with Crippen molar-refractivity contribution < 1.29 is 27.5 Å². The minimum atomic E-state index is -3.95. The smallest absolute Gasteiger partial charge is 0.341 e. The molecule has 1 saturated heterocycles. The van der Waals surface area contributed by atoms with E-state index in [0.717, 1.165) is 0 Å². The standard InChI is InChI=1S/C24H33N3O6S/c1-6-32-20-11-9-8-10-19(20)25-23(28)18-12-14-27(15-13-18)34(30,31)22-17(4)26(5)16(3)21(22)24(29)33-7-2/h8-11,18H,6-7,12-15H2,1-5H3,(H,25,28). The molecular formula is C24H33N3O6S. The summed E-state index contributed by atoms with van der Waals surface area (Å²) in [6.07, 6.45) is 0.753. The highest BCUT2D eigenvalue weighted by atomic mass is 32.2. The molecule has 1 aliphatic heterocycles. The number of ether oxygens (including phenoxy) is 2. The van der Waals surface area contributed by atoms with Gasteiger partial charge in [0.2, 0.25) is 15.9 Å². The van der Waals surface area contributed by atoms with E-state index in [1.807, 2.05) is 19.1 Å². The van der Waals surface area contributed by atoms with Crippen molar-refractivity contribution >= 4 is 27.6 Å². The van der Waals surface area contributed by atoms with Crippen LogP contribution < -0.4 is 10.1 Å². The second-order valence-electron chi connectivity index (χ2n) is 8.25. The monoisotopic (exact) mass is 491 g/mol. The van der Waals surface area contributed by atoms with E-state index in [-0.39, 0.29) is 42.0 Å². The van der Waals surface area contributed by atoms with Gasteiger partial charge in [0.15, 0.2) is 0 Å². The van der Waals surface area contributed by atoms with Gasteiger partial charge in [-0.25, -0.2) is 13.2 Å². The highest BCUT2D eigenvalue weighted by Gasteiger charge is 2.38. The molecule has 0 radical (unpaired) electrons. The average molecular weight is 492 g/mol.